The molecule has 0 saturated carbocycles. The van der Waals surface area contributed by atoms with Gasteiger partial charge in [0.05, 0.1) is 17.6 Å². The second kappa shape index (κ2) is 8.12. The van der Waals surface area contributed by atoms with E-state index in [2.05, 4.69) is 15.6 Å². The van der Waals surface area contributed by atoms with E-state index < -0.39 is 11.8 Å². The molecule has 0 fully saturated rings. The molecule has 0 unspecified atom stereocenters. The smallest absolute Gasteiger partial charge is 0.314 e. The van der Waals surface area contributed by atoms with Crippen molar-refractivity contribution < 1.29 is 9.59 Å². The molecule has 2 N–H and O–H groups in total. The molecule has 1 heterocycles. The lowest BCUT2D eigenvalue weighted by atomic mass is 10.3. The zero-order chi connectivity index (χ0) is 17.5. The molecule has 124 valence electrons. The van der Waals surface area contributed by atoms with Gasteiger partial charge in [-0.2, -0.15) is 0 Å². The number of hydrogen-bond donors (Lipinski definition) is 2. The molecule has 3 aromatic rings. The largest absolute Gasteiger partial charge is 0.317 e. The van der Waals surface area contributed by atoms with Crippen LogP contribution in [0.2, 0.25) is 0 Å². The first-order valence-corrected chi connectivity index (χ1v) is 8.38. The molecule has 0 aliphatic heterocycles. The fourth-order valence-corrected chi connectivity index (χ4v) is 3.00. The van der Waals surface area contributed by atoms with Gasteiger partial charge in [0.15, 0.2) is 0 Å². The molecule has 2 aromatic carbocycles. The van der Waals surface area contributed by atoms with Crippen molar-refractivity contribution in [2.45, 2.75) is 9.79 Å². The summed E-state index contributed by atoms with van der Waals surface area (Å²) in [7, 11) is 0. The van der Waals surface area contributed by atoms with E-state index in [-0.39, 0.29) is 0 Å². The van der Waals surface area contributed by atoms with Gasteiger partial charge < -0.3 is 10.6 Å². The van der Waals surface area contributed by atoms with E-state index in [1.165, 1.54) is 18.0 Å². The Bertz CT molecular complexity index is 870. The topological polar surface area (TPSA) is 71.1 Å². The number of hydrogen-bond acceptors (Lipinski definition) is 4. The molecule has 0 aliphatic rings. The summed E-state index contributed by atoms with van der Waals surface area (Å²) >= 11 is 1.52. The number of para-hydroxylation sites is 1. The Balaban J connectivity index is 1.70. The van der Waals surface area contributed by atoms with Gasteiger partial charge in [-0.25, -0.2) is 0 Å². The molecule has 25 heavy (non-hydrogen) atoms. The zero-order valence-corrected chi connectivity index (χ0v) is 14.0. The van der Waals surface area contributed by atoms with Crippen molar-refractivity contribution in [2.75, 3.05) is 10.6 Å². The summed E-state index contributed by atoms with van der Waals surface area (Å²) in [5.74, 6) is -1.47. The fourth-order valence-electron chi connectivity index (χ4n) is 2.08. The summed E-state index contributed by atoms with van der Waals surface area (Å²) < 4.78 is 0. The number of carbonyl (C=O) groups is 2. The standard InChI is InChI=1S/C19H15N3O2S/c23-18(21-14-7-6-12-20-13-14)19(24)22-16-10-4-5-11-17(16)25-15-8-2-1-3-9-15/h1-13H,(H,21,23)(H,22,24). The van der Waals surface area contributed by atoms with Crippen LogP contribution in [0.5, 0.6) is 0 Å². The third-order valence-corrected chi connectivity index (χ3v) is 4.32. The van der Waals surface area contributed by atoms with Crippen molar-refractivity contribution in [2.24, 2.45) is 0 Å². The van der Waals surface area contributed by atoms with Crippen molar-refractivity contribution in [1.29, 1.82) is 0 Å². The highest BCUT2D eigenvalue weighted by Crippen LogP contribution is 2.33. The molecular weight excluding hydrogens is 334 g/mol. The summed E-state index contributed by atoms with van der Waals surface area (Å²) in [4.78, 5) is 30.0. The van der Waals surface area contributed by atoms with E-state index >= 15 is 0 Å². The number of nitrogens with zero attached hydrogens (tertiary/aromatic N) is 1. The van der Waals surface area contributed by atoms with Crippen LogP contribution < -0.4 is 10.6 Å². The van der Waals surface area contributed by atoms with Gasteiger partial charge in [-0.1, -0.05) is 42.1 Å². The summed E-state index contributed by atoms with van der Waals surface area (Å²) in [6, 6.07) is 20.5. The molecular formula is C19H15N3O2S. The Morgan fingerprint density at radius 2 is 1.52 bits per heavy atom. The first-order chi connectivity index (χ1) is 12.2. The van der Waals surface area contributed by atoms with Crippen LogP contribution in [-0.4, -0.2) is 16.8 Å². The maximum Gasteiger partial charge on any atom is 0.314 e. The lowest BCUT2D eigenvalue weighted by molar-refractivity contribution is -0.133. The average Bonchev–Trinajstić information content (AvgIpc) is 2.65. The molecule has 0 bridgehead atoms. The molecule has 0 radical (unpaired) electrons. The maximum atomic E-state index is 12.2. The number of nitrogens with one attached hydrogen (secondary N) is 2. The van der Waals surface area contributed by atoms with Gasteiger partial charge in [-0.15, -0.1) is 0 Å². The normalized spacial score (nSPS) is 10.1. The number of carbonyl (C=O) groups excluding carboxylic acids is 2. The first-order valence-electron chi connectivity index (χ1n) is 7.56. The SMILES string of the molecule is O=C(Nc1cccnc1)C(=O)Nc1ccccc1Sc1ccccc1. The van der Waals surface area contributed by atoms with Crippen molar-refractivity contribution in [3.8, 4) is 0 Å². The Kier molecular flexibility index (Phi) is 5.43. The highest BCUT2D eigenvalue weighted by Gasteiger charge is 2.16. The van der Waals surface area contributed by atoms with Gasteiger partial charge in [0.1, 0.15) is 0 Å². The van der Waals surface area contributed by atoms with Crippen LogP contribution in [0.15, 0.2) is 88.9 Å². The predicted octanol–water partition coefficient (Wildman–Crippen LogP) is 3.81. The lowest BCUT2D eigenvalue weighted by Gasteiger charge is -2.10. The van der Waals surface area contributed by atoms with Crippen molar-refractivity contribution in [3.05, 3.63) is 79.1 Å². The molecule has 0 spiro atoms. The van der Waals surface area contributed by atoms with E-state index in [1.807, 2.05) is 48.5 Å². The number of amides is 2. The quantitative estimate of drug-likeness (QED) is 0.703. The van der Waals surface area contributed by atoms with E-state index in [1.54, 1.807) is 24.4 Å². The fraction of sp³-hybridized carbons (Fsp3) is 0. The van der Waals surface area contributed by atoms with Gasteiger partial charge in [0, 0.05) is 16.0 Å². The van der Waals surface area contributed by atoms with E-state index in [9.17, 15) is 9.59 Å². The van der Waals surface area contributed by atoms with Gasteiger partial charge in [0.25, 0.3) is 0 Å². The third-order valence-electron chi connectivity index (χ3n) is 3.23. The van der Waals surface area contributed by atoms with Gasteiger partial charge in [-0.3, -0.25) is 14.6 Å². The monoisotopic (exact) mass is 349 g/mol. The Hall–Kier alpha value is -3.12. The van der Waals surface area contributed by atoms with Crippen LogP contribution in [0.25, 0.3) is 0 Å². The van der Waals surface area contributed by atoms with Gasteiger partial charge in [-0.05, 0) is 36.4 Å². The van der Waals surface area contributed by atoms with Crippen LogP contribution in [0, 0.1) is 0 Å². The number of aromatic nitrogens is 1. The molecule has 0 saturated heterocycles. The van der Waals surface area contributed by atoms with E-state index in [4.69, 9.17) is 0 Å². The summed E-state index contributed by atoms with van der Waals surface area (Å²) in [6.45, 7) is 0. The van der Waals surface area contributed by atoms with E-state index in [0.29, 0.717) is 11.4 Å². The Labute approximate surface area is 149 Å². The minimum Gasteiger partial charge on any atom is -0.317 e. The predicted molar refractivity (Wildman–Crippen MR) is 98.5 cm³/mol. The summed E-state index contributed by atoms with van der Waals surface area (Å²) in [5.41, 5.74) is 1.05. The number of rotatable bonds is 4. The van der Waals surface area contributed by atoms with Crippen LogP contribution in [0.4, 0.5) is 11.4 Å². The molecule has 0 aliphatic carbocycles. The molecule has 2 amide bonds. The highest BCUT2D eigenvalue weighted by molar-refractivity contribution is 7.99. The third kappa shape index (κ3) is 4.68. The van der Waals surface area contributed by atoms with Crippen molar-refractivity contribution in [1.82, 2.24) is 4.98 Å². The van der Waals surface area contributed by atoms with Crippen LogP contribution in [0.1, 0.15) is 0 Å². The van der Waals surface area contributed by atoms with Gasteiger partial charge in [0.2, 0.25) is 0 Å². The number of benzene rings is 2. The minimum atomic E-state index is -0.743. The maximum absolute atomic E-state index is 12.2. The van der Waals surface area contributed by atoms with Gasteiger partial charge >= 0.3 is 11.8 Å². The Morgan fingerprint density at radius 3 is 2.28 bits per heavy atom. The van der Waals surface area contributed by atoms with Crippen molar-refractivity contribution in [3.63, 3.8) is 0 Å². The molecule has 0 atom stereocenters. The number of anilines is 2. The molecule has 1 aromatic heterocycles. The van der Waals surface area contributed by atoms with Crippen molar-refractivity contribution >= 4 is 35.0 Å². The second-order valence-electron chi connectivity index (χ2n) is 5.06. The molecule has 6 heteroatoms. The first kappa shape index (κ1) is 16.7. The Morgan fingerprint density at radius 1 is 0.800 bits per heavy atom. The minimum absolute atomic E-state index is 0.467. The second-order valence-corrected chi connectivity index (χ2v) is 6.18. The highest BCUT2D eigenvalue weighted by atomic mass is 32.2. The van der Waals surface area contributed by atoms with E-state index in [0.717, 1.165) is 9.79 Å². The summed E-state index contributed by atoms with van der Waals surface area (Å²) in [6.07, 6.45) is 3.07. The zero-order valence-electron chi connectivity index (χ0n) is 13.2. The van der Waals surface area contributed by atoms with Crippen LogP contribution in [-0.2, 0) is 9.59 Å². The molecule has 5 nitrogen and oxygen atoms in total. The van der Waals surface area contributed by atoms with Crippen LogP contribution >= 0.6 is 11.8 Å². The summed E-state index contributed by atoms with van der Waals surface area (Å²) in [5, 5.41) is 5.17. The number of pyridine rings is 1. The lowest BCUT2D eigenvalue weighted by Crippen LogP contribution is -2.29. The van der Waals surface area contributed by atoms with Crippen LogP contribution in [0.3, 0.4) is 0 Å². The molecule has 3 rings (SSSR count). The average molecular weight is 349 g/mol.